The van der Waals surface area contributed by atoms with Gasteiger partial charge in [0.1, 0.15) is 0 Å². The monoisotopic (exact) mass is 1510 g/mol. The van der Waals surface area contributed by atoms with Crippen LogP contribution in [0.15, 0.2) is 194 Å². The van der Waals surface area contributed by atoms with Crippen LogP contribution in [0.4, 0.5) is 0 Å². The molecule has 0 fully saturated rings. The van der Waals surface area contributed by atoms with Gasteiger partial charge in [-0.15, -0.1) is 0 Å². The van der Waals surface area contributed by atoms with Crippen LogP contribution in [0.2, 0.25) is 0 Å². The fourth-order valence-electron chi connectivity index (χ4n) is 11.2. The Morgan fingerprint density at radius 2 is 0.422 bits per heavy atom. The molecule has 6 unspecified atom stereocenters. The number of aliphatic hydroxyl groups is 8. The smallest absolute Gasteiger partial charge is 0.356 e. The van der Waals surface area contributed by atoms with Crippen molar-refractivity contribution in [1.29, 1.82) is 0 Å². The Morgan fingerprint density at radius 1 is 0.248 bits per heavy atom. The summed E-state index contributed by atoms with van der Waals surface area (Å²) < 4.78 is 4.73. The van der Waals surface area contributed by atoms with E-state index in [0.29, 0.717) is 51.4 Å². The highest BCUT2D eigenvalue weighted by atomic mass is 16.6. The molecular formula is C92H138O17. The van der Waals surface area contributed by atoms with Gasteiger partial charge in [-0.2, -0.15) is 0 Å². The van der Waals surface area contributed by atoms with Gasteiger partial charge in [0.15, 0.2) is 34.7 Å². The van der Waals surface area contributed by atoms with E-state index in [9.17, 15) is 79.2 Å². The minimum Gasteiger partial charge on any atom is -0.392 e. The standard InChI is InChI=1S/C92H138O17/c1-5-9-13-17-21-25-29-33-37-41-45-49-53-57-61-65-69-73-81(97)89(105,75-93)83(99)79(71-67-63-59-55-51-47-43-39-35-31-27-23-19-15-11-7-3)85(101)91(107,77-95)87(103)109-88(104)92(108,78-96)86(102)80(72-68-64-60-56-52-48-44-40-36-32-28-24-20-16-12-8-4)84(100)90(106,76-94)82(98)74-70-66-62-58-54-50-46-42-38-34-30-26-22-18-14-10-6-2/h21-28,33-40,45-52,57-64,79-80,93-96,105-108H,5-20,29-32,41-44,53-56,65-78H2,1-4H3/b25-21-,26-22-,27-23-,28-24-,37-33-,38-34-,39-35-,40-36-,49-45-,50-46-,51-47-,52-48-,61-57-,62-58-,63-59-,64-60-. The number of esters is 2. The molecule has 0 aromatic rings. The quantitative estimate of drug-likeness (QED) is 0.0121. The first kappa shape index (κ1) is 102. The average Bonchev–Trinajstić information content (AvgIpc) is 0.774. The van der Waals surface area contributed by atoms with Crippen LogP contribution in [0, 0.1) is 11.8 Å². The third kappa shape index (κ3) is 45.6. The first-order valence-electron chi connectivity index (χ1n) is 40.5. The Labute approximate surface area is 654 Å². The van der Waals surface area contributed by atoms with Crippen LogP contribution in [-0.2, 0) is 43.1 Å². The molecule has 0 aliphatic heterocycles. The molecule has 17 heteroatoms. The zero-order chi connectivity index (χ0) is 80.8. The summed E-state index contributed by atoms with van der Waals surface area (Å²) in [5.74, 6) is -19.3. The van der Waals surface area contributed by atoms with E-state index in [4.69, 9.17) is 4.74 Å². The predicted octanol–water partition coefficient (Wildman–Crippen LogP) is 17.4. The molecule has 0 spiro atoms. The number of aliphatic hydroxyl groups excluding tert-OH is 4. The number of unbranched alkanes of at least 4 members (excludes halogenated alkanes) is 14. The second-order valence-corrected chi connectivity index (χ2v) is 27.5. The lowest BCUT2D eigenvalue weighted by molar-refractivity contribution is -0.192. The number of Topliss-reactive ketones (excluding diaryl/α,β-unsaturated/α-hetero) is 6. The second-order valence-electron chi connectivity index (χ2n) is 27.5. The molecule has 0 amide bonds. The van der Waals surface area contributed by atoms with Crippen molar-refractivity contribution in [2.75, 3.05) is 26.4 Å². The van der Waals surface area contributed by atoms with Crippen molar-refractivity contribution in [3.63, 3.8) is 0 Å². The zero-order valence-electron chi connectivity index (χ0n) is 66.6. The molecule has 109 heavy (non-hydrogen) atoms. The highest BCUT2D eigenvalue weighted by molar-refractivity contribution is 6.25. The minimum atomic E-state index is -3.96. The maximum absolute atomic E-state index is 14.6. The fourth-order valence-corrected chi connectivity index (χ4v) is 11.2. The van der Waals surface area contributed by atoms with Gasteiger partial charge in [0, 0.05) is 12.8 Å². The fraction of sp³-hybridized carbons (Fsp3) is 0.565. The van der Waals surface area contributed by atoms with Gasteiger partial charge in [-0.1, -0.05) is 273 Å². The SMILES string of the molecule is CCCCC/C=C\C/C=C\C/C=C\C/C=C\CCCC(=O)C(O)(CO)C(=O)C(CC/C=C\C/C=C\C/C=C\C/C=C\CCCCC)C(=O)C(O)(CO)C(=O)OC(=O)C(O)(CO)C(=O)C(CC/C=C\C/C=C\C/C=C\C/C=C\CCCCC)C(=O)C(O)(CO)C(=O)CCC/C=C\C/C=C\C/C=C\C/C=C\CCCCC. The third-order valence-electron chi connectivity index (χ3n) is 18.2. The number of carbonyl (C=O) groups is 8. The maximum atomic E-state index is 14.6. The molecule has 0 heterocycles. The molecule has 0 aromatic carbocycles. The van der Waals surface area contributed by atoms with Crippen LogP contribution >= 0.6 is 0 Å². The zero-order valence-corrected chi connectivity index (χ0v) is 66.6. The maximum Gasteiger partial charge on any atom is 0.356 e. The molecule has 0 aromatic heterocycles. The lowest BCUT2D eigenvalue weighted by Crippen LogP contribution is -2.62. The Bertz CT molecular complexity index is 2850. The normalized spacial score (nSPS) is 15.7. The Morgan fingerprint density at radius 3 is 0.615 bits per heavy atom. The summed E-state index contributed by atoms with van der Waals surface area (Å²) in [6.07, 6.45) is 87.2. The molecule has 0 bridgehead atoms. The van der Waals surface area contributed by atoms with Gasteiger partial charge in [-0.25, -0.2) is 9.59 Å². The van der Waals surface area contributed by atoms with Gasteiger partial charge in [-0.05, 0) is 180 Å². The summed E-state index contributed by atoms with van der Waals surface area (Å²) in [7, 11) is 0. The van der Waals surface area contributed by atoms with E-state index >= 15 is 0 Å². The number of carbonyl (C=O) groups excluding carboxylic acids is 8. The summed E-state index contributed by atoms with van der Waals surface area (Å²) >= 11 is 0. The third-order valence-corrected chi connectivity index (χ3v) is 18.2. The molecule has 0 aliphatic rings. The van der Waals surface area contributed by atoms with Crippen molar-refractivity contribution in [3.8, 4) is 0 Å². The average molecular weight is 1520 g/mol. The molecule has 0 aliphatic carbocycles. The van der Waals surface area contributed by atoms with Gasteiger partial charge >= 0.3 is 11.9 Å². The Hall–Kier alpha value is -7.32. The Balaban J connectivity index is 6.97. The first-order chi connectivity index (χ1) is 52.8. The number of ketones is 6. The summed E-state index contributed by atoms with van der Waals surface area (Å²) in [5.41, 5.74) is -14.5. The minimum absolute atomic E-state index is 0.0750. The van der Waals surface area contributed by atoms with Crippen molar-refractivity contribution in [3.05, 3.63) is 194 Å². The van der Waals surface area contributed by atoms with Gasteiger partial charge in [0.05, 0.1) is 38.3 Å². The van der Waals surface area contributed by atoms with E-state index in [2.05, 4.69) is 101 Å². The molecule has 0 saturated carbocycles. The highest BCUT2D eigenvalue weighted by Crippen LogP contribution is 2.30. The molecule has 608 valence electrons. The molecule has 0 saturated heterocycles. The molecule has 8 N–H and O–H groups in total. The van der Waals surface area contributed by atoms with Crippen LogP contribution in [0.5, 0.6) is 0 Å². The van der Waals surface area contributed by atoms with Crippen LogP contribution < -0.4 is 0 Å². The van der Waals surface area contributed by atoms with Crippen molar-refractivity contribution in [1.82, 2.24) is 0 Å². The van der Waals surface area contributed by atoms with Gasteiger partial charge in [0.25, 0.3) is 0 Å². The number of hydrogen-bond donors (Lipinski definition) is 8. The van der Waals surface area contributed by atoms with Gasteiger partial charge < -0.3 is 45.6 Å². The van der Waals surface area contributed by atoms with Crippen molar-refractivity contribution < 1.29 is 83.9 Å². The van der Waals surface area contributed by atoms with Crippen molar-refractivity contribution in [2.45, 2.75) is 294 Å². The molecule has 17 nitrogen and oxygen atoms in total. The summed E-state index contributed by atoms with van der Waals surface area (Å²) in [5, 5.41) is 89.6. The van der Waals surface area contributed by atoms with E-state index in [-0.39, 0.29) is 25.7 Å². The molecule has 6 atom stereocenters. The van der Waals surface area contributed by atoms with E-state index in [0.717, 1.165) is 89.9 Å². The second kappa shape index (κ2) is 67.6. The summed E-state index contributed by atoms with van der Waals surface area (Å²) in [4.78, 5) is 114. The van der Waals surface area contributed by atoms with Crippen molar-refractivity contribution in [2.24, 2.45) is 11.8 Å². The highest BCUT2D eigenvalue weighted by Gasteiger charge is 2.59. The topological polar surface area (TPSA) is 308 Å². The number of rotatable bonds is 70. The Kier molecular flexibility index (Phi) is 63.0. The lowest BCUT2D eigenvalue weighted by Gasteiger charge is -2.32. The number of ether oxygens (including phenoxy) is 1. The van der Waals surface area contributed by atoms with E-state index in [1.54, 1.807) is 24.3 Å². The lowest BCUT2D eigenvalue weighted by atomic mass is 9.76. The number of hydrogen-bond acceptors (Lipinski definition) is 17. The van der Waals surface area contributed by atoms with Gasteiger partial charge in [0.2, 0.25) is 22.4 Å². The summed E-state index contributed by atoms with van der Waals surface area (Å²) in [6, 6.07) is 0. The largest absolute Gasteiger partial charge is 0.392 e. The van der Waals surface area contributed by atoms with Gasteiger partial charge in [-0.3, -0.25) is 28.8 Å². The van der Waals surface area contributed by atoms with E-state index in [1.165, 1.54) is 63.5 Å². The first-order valence-corrected chi connectivity index (χ1v) is 40.5. The van der Waals surface area contributed by atoms with Crippen LogP contribution in [-0.4, -0.2) is 136 Å². The van der Waals surface area contributed by atoms with E-state index < -0.39 is 133 Å². The van der Waals surface area contributed by atoms with Crippen molar-refractivity contribution >= 4 is 46.6 Å². The van der Waals surface area contributed by atoms with Crippen LogP contribution in [0.1, 0.15) is 272 Å². The van der Waals surface area contributed by atoms with Crippen LogP contribution in [0.3, 0.4) is 0 Å². The van der Waals surface area contributed by atoms with Crippen LogP contribution in [0.25, 0.3) is 0 Å². The number of allylic oxidation sites excluding steroid dienone is 32. The molecular weight excluding hydrogens is 1380 g/mol. The predicted molar refractivity (Wildman–Crippen MR) is 441 cm³/mol. The molecule has 0 radical (unpaired) electrons. The summed E-state index contributed by atoms with van der Waals surface area (Å²) in [6.45, 7) is 1.64. The molecule has 0 rings (SSSR count). The van der Waals surface area contributed by atoms with E-state index in [1.807, 2.05) is 85.1 Å².